The van der Waals surface area contributed by atoms with Gasteiger partial charge in [0, 0.05) is 32.0 Å². The van der Waals surface area contributed by atoms with Crippen LogP contribution < -0.4 is 5.56 Å². The van der Waals surface area contributed by atoms with Gasteiger partial charge in [0.25, 0.3) is 0 Å². The van der Waals surface area contributed by atoms with Gasteiger partial charge in [0.15, 0.2) is 0 Å². The summed E-state index contributed by atoms with van der Waals surface area (Å²) in [7, 11) is -3.59. The van der Waals surface area contributed by atoms with Gasteiger partial charge in [0.1, 0.15) is 0 Å². The Morgan fingerprint density at radius 3 is 2.59 bits per heavy atom. The second-order valence-corrected chi connectivity index (χ2v) is 5.40. The Kier molecular flexibility index (Phi) is 4.86. The SMILES string of the molecule is CCN(CCCO)S(=O)(=O)c1ccc(=O)[nH]c1. The quantitative estimate of drug-likeness (QED) is 0.739. The fraction of sp³-hybridized carbons (Fsp3) is 0.500. The van der Waals surface area contributed by atoms with Crippen LogP contribution in [0.3, 0.4) is 0 Å². The van der Waals surface area contributed by atoms with Gasteiger partial charge in [-0.1, -0.05) is 6.92 Å². The lowest BCUT2D eigenvalue weighted by Gasteiger charge is -2.19. The molecule has 0 unspecified atom stereocenters. The molecule has 17 heavy (non-hydrogen) atoms. The topological polar surface area (TPSA) is 90.5 Å². The Hall–Kier alpha value is -1.18. The Balaban J connectivity index is 2.99. The molecule has 0 bridgehead atoms. The average molecular weight is 260 g/mol. The summed E-state index contributed by atoms with van der Waals surface area (Å²) in [5.74, 6) is 0. The van der Waals surface area contributed by atoms with E-state index in [0.717, 1.165) is 0 Å². The molecule has 6 nitrogen and oxygen atoms in total. The number of aliphatic hydroxyl groups excluding tert-OH is 1. The van der Waals surface area contributed by atoms with Crippen LogP contribution in [0.25, 0.3) is 0 Å². The first-order valence-corrected chi connectivity index (χ1v) is 6.76. The number of H-pyrrole nitrogens is 1. The lowest BCUT2D eigenvalue weighted by Crippen LogP contribution is -2.32. The molecule has 0 amide bonds. The highest BCUT2D eigenvalue weighted by atomic mass is 32.2. The van der Waals surface area contributed by atoms with Gasteiger partial charge in [-0.05, 0) is 12.5 Å². The molecule has 1 rings (SSSR count). The molecule has 0 radical (unpaired) electrons. The van der Waals surface area contributed by atoms with E-state index in [4.69, 9.17) is 5.11 Å². The third-order valence-electron chi connectivity index (χ3n) is 2.31. The second-order valence-electron chi connectivity index (χ2n) is 3.46. The van der Waals surface area contributed by atoms with E-state index in [1.54, 1.807) is 6.92 Å². The number of nitrogens with zero attached hydrogens (tertiary/aromatic N) is 1. The predicted molar refractivity (Wildman–Crippen MR) is 63.2 cm³/mol. The largest absolute Gasteiger partial charge is 0.396 e. The van der Waals surface area contributed by atoms with E-state index in [1.165, 1.54) is 22.6 Å². The van der Waals surface area contributed by atoms with Gasteiger partial charge in [-0.3, -0.25) is 4.79 Å². The van der Waals surface area contributed by atoms with Crippen LogP contribution in [0.1, 0.15) is 13.3 Å². The Labute approximate surface area is 100.0 Å². The molecule has 0 aliphatic rings. The van der Waals surface area contributed by atoms with Crippen molar-refractivity contribution in [2.75, 3.05) is 19.7 Å². The van der Waals surface area contributed by atoms with Crippen molar-refractivity contribution in [2.45, 2.75) is 18.2 Å². The van der Waals surface area contributed by atoms with Gasteiger partial charge in [-0.25, -0.2) is 8.42 Å². The lowest BCUT2D eigenvalue weighted by atomic mass is 10.4. The van der Waals surface area contributed by atoms with Crippen molar-refractivity contribution in [2.24, 2.45) is 0 Å². The van der Waals surface area contributed by atoms with Crippen molar-refractivity contribution in [1.82, 2.24) is 9.29 Å². The number of sulfonamides is 1. The van der Waals surface area contributed by atoms with Gasteiger partial charge in [-0.15, -0.1) is 0 Å². The van der Waals surface area contributed by atoms with Crippen molar-refractivity contribution in [3.8, 4) is 0 Å². The lowest BCUT2D eigenvalue weighted by molar-refractivity contribution is 0.271. The van der Waals surface area contributed by atoms with Gasteiger partial charge in [0.2, 0.25) is 15.6 Å². The third kappa shape index (κ3) is 3.39. The molecule has 0 aliphatic heterocycles. The minimum absolute atomic E-state index is 0.0527. The first-order chi connectivity index (χ1) is 8.02. The maximum atomic E-state index is 12.1. The molecule has 7 heteroatoms. The molecule has 0 aromatic carbocycles. The van der Waals surface area contributed by atoms with E-state index in [0.29, 0.717) is 13.0 Å². The summed E-state index contributed by atoms with van der Waals surface area (Å²) in [4.78, 5) is 13.2. The van der Waals surface area contributed by atoms with Crippen LogP contribution in [-0.4, -0.2) is 42.5 Å². The number of hydrogen-bond donors (Lipinski definition) is 2. The van der Waals surface area contributed by atoms with E-state index >= 15 is 0 Å². The second kappa shape index (κ2) is 5.95. The normalized spacial score (nSPS) is 11.9. The molecular weight excluding hydrogens is 244 g/mol. The molecule has 2 N–H and O–H groups in total. The number of aromatic nitrogens is 1. The smallest absolute Gasteiger partial charge is 0.247 e. The first-order valence-electron chi connectivity index (χ1n) is 5.32. The number of pyridine rings is 1. The summed E-state index contributed by atoms with van der Waals surface area (Å²) < 4.78 is 25.5. The standard InChI is InChI=1S/C10H16N2O4S/c1-2-12(6-3-7-13)17(15,16)9-4-5-10(14)11-8-9/h4-5,8,13H,2-3,6-7H2,1H3,(H,11,14). The summed E-state index contributed by atoms with van der Waals surface area (Å²) in [5, 5.41) is 8.71. The Bertz CT molecular complexity index is 489. The summed E-state index contributed by atoms with van der Waals surface area (Å²) in [5.41, 5.74) is -0.345. The van der Waals surface area contributed by atoms with Crippen molar-refractivity contribution in [3.05, 3.63) is 28.7 Å². The molecule has 0 saturated carbocycles. The molecule has 0 saturated heterocycles. The van der Waals surface area contributed by atoms with Crippen LogP contribution in [0.15, 0.2) is 28.0 Å². The van der Waals surface area contributed by atoms with Crippen molar-refractivity contribution in [1.29, 1.82) is 0 Å². The highest BCUT2D eigenvalue weighted by Crippen LogP contribution is 2.13. The predicted octanol–water partition coefficient (Wildman–Crippen LogP) is -0.232. The number of rotatable bonds is 6. The van der Waals surface area contributed by atoms with E-state index in [2.05, 4.69) is 4.98 Å². The van der Waals surface area contributed by atoms with Crippen LogP contribution in [0.5, 0.6) is 0 Å². The zero-order valence-corrected chi connectivity index (χ0v) is 10.4. The molecule has 1 aromatic rings. The first kappa shape index (κ1) is 13.9. The van der Waals surface area contributed by atoms with Crippen molar-refractivity contribution in [3.63, 3.8) is 0 Å². The van der Waals surface area contributed by atoms with Gasteiger partial charge < -0.3 is 10.1 Å². The molecule has 0 aliphatic carbocycles. The molecule has 1 aromatic heterocycles. The number of aliphatic hydroxyl groups is 1. The minimum atomic E-state index is -3.59. The highest BCUT2D eigenvalue weighted by Gasteiger charge is 2.22. The number of nitrogens with one attached hydrogen (secondary N) is 1. The summed E-state index contributed by atoms with van der Waals surface area (Å²) in [6.45, 7) is 2.24. The molecule has 96 valence electrons. The molecule has 0 spiro atoms. The van der Waals surface area contributed by atoms with Crippen molar-refractivity contribution < 1.29 is 13.5 Å². The highest BCUT2D eigenvalue weighted by molar-refractivity contribution is 7.89. The van der Waals surface area contributed by atoms with Crippen molar-refractivity contribution >= 4 is 10.0 Å². The maximum absolute atomic E-state index is 12.1. The zero-order chi connectivity index (χ0) is 12.9. The molecule has 1 heterocycles. The average Bonchev–Trinajstić information content (AvgIpc) is 2.30. The Morgan fingerprint density at radius 2 is 2.12 bits per heavy atom. The zero-order valence-electron chi connectivity index (χ0n) is 9.59. The molecular formula is C10H16N2O4S. The van der Waals surface area contributed by atoms with Crippen LogP contribution in [0.2, 0.25) is 0 Å². The van der Waals surface area contributed by atoms with Crippen LogP contribution in [0, 0.1) is 0 Å². The molecule has 0 atom stereocenters. The molecule has 0 fully saturated rings. The third-order valence-corrected chi connectivity index (χ3v) is 4.28. The number of aromatic amines is 1. The summed E-state index contributed by atoms with van der Waals surface area (Å²) in [6, 6.07) is 2.45. The summed E-state index contributed by atoms with van der Waals surface area (Å²) in [6.07, 6.45) is 1.57. The van der Waals surface area contributed by atoms with Crippen LogP contribution >= 0.6 is 0 Å². The number of hydrogen-bond acceptors (Lipinski definition) is 4. The fourth-order valence-corrected chi connectivity index (χ4v) is 2.86. The summed E-state index contributed by atoms with van der Waals surface area (Å²) >= 11 is 0. The van der Waals surface area contributed by atoms with Gasteiger partial charge >= 0.3 is 0 Å². The fourth-order valence-electron chi connectivity index (χ4n) is 1.40. The monoisotopic (exact) mass is 260 g/mol. The van der Waals surface area contributed by atoms with Gasteiger partial charge in [0.05, 0.1) is 4.90 Å². The van der Waals surface area contributed by atoms with E-state index in [9.17, 15) is 13.2 Å². The van der Waals surface area contributed by atoms with Crippen LogP contribution in [-0.2, 0) is 10.0 Å². The Morgan fingerprint density at radius 1 is 1.41 bits per heavy atom. The van der Waals surface area contributed by atoms with Gasteiger partial charge in [-0.2, -0.15) is 4.31 Å². The van der Waals surface area contributed by atoms with E-state index in [-0.39, 0.29) is 23.6 Å². The van der Waals surface area contributed by atoms with E-state index < -0.39 is 10.0 Å². The van der Waals surface area contributed by atoms with E-state index in [1.807, 2.05) is 0 Å². The minimum Gasteiger partial charge on any atom is -0.396 e. The maximum Gasteiger partial charge on any atom is 0.247 e. The van der Waals surface area contributed by atoms with Crippen LogP contribution in [0.4, 0.5) is 0 Å².